The molecule has 2 heterocycles. The van der Waals surface area contributed by atoms with Crippen LogP contribution in [0.25, 0.3) is 10.6 Å². The summed E-state index contributed by atoms with van der Waals surface area (Å²) in [6, 6.07) is 0. The maximum absolute atomic E-state index is 4.89. The maximum atomic E-state index is 4.89. The molecule has 1 N–H and O–H groups in total. The van der Waals surface area contributed by atoms with Gasteiger partial charge in [0.25, 0.3) is 0 Å². The first kappa shape index (κ1) is 14.0. The molecule has 6 heteroatoms. The second kappa shape index (κ2) is 5.79. The highest BCUT2D eigenvalue weighted by atomic mass is 32.1. The Hall–Kier alpha value is -0.980. The summed E-state index contributed by atoms with van der Waals surface area (Å²) in [7, 11) is 6.13. The van der Waals surface area contributed by atoms with E-state index in [9.17, 15) is 0 Å². The van der Waals surface area contributed by atoms with E-state index in [1.54, 1.807) is 11.3 Å². The molecular formula is C14H20N4S2. The van der Waals surface area contributed by atoms with Gasteiger partial charge in [-0.1, -0.05) is 0 Å². The molecule has 0 spiro atoms. The van der Waals surface area contributed by atoms with Crippen LogP contribution in [0.2, 0.25) is 0 Å². The summed E-state index contributed by atoms with van der Waals surface area (Å²) >= 11 is 3.49. The number of anilines is 1. The molecule has 3 rings (SSSR count). The van der Waals surface area contributed by atoms with Crippen molar-refractivity contribution >= 4 is 27.8 Å². The van der Waals surface area contributed by atoms with E-state index in [-0.39, 0.29) is 0 Å². The molecular weight excluding hydrogens is 288 g/mol. The van der Waals surface area contributed by atoms with Gasteiger partial charge in [0.1, 0.15) is 0 Å². The number of hydrogen-bond acceptors (Lipinski definition) is 6. The van der Waals surface area contributed by atoms with Crippen molar-refractivity contribution in [3.63, 3.8) is 0 Å². The first-order chi connectivity index (χ1) is 9.67. The van der Waals surface area contributed by atoms with Gasteiger partial charge in [0, 0.05) is 31.3 Å². The van der Waals surface area contributed by atoms with Gasteiger partial charge in [0.15, 0.2) is 5.13 Å². The number of nitrogens with zero attached hydrogens (tertiary/aromatic N) is 3. The highest BCUT2D eigenvalue weighted by Gasteiger charge is 2.30. The summed E-state index contributed by atoms with van der Waals surface area (Å²) in [5.41, 5.74) is 2.38. The lowest BCUT2D eigenvalue weighted by Crippen LogP contribution is -2.14. The number of likely N-dealkylation sites (N-methyl/N-ethyl adjacent to an activating group) is 1. The van der Waals surface area contributed by atoms with E-state index in [0.717, 1.165) is 23.8 Å². The molecule has 0 amide bonds. The van der Waals surface area contributed by atoms with Crippen molar-refractivity contribution in [1.29, 1.82) is 0 Å². The minimum atomic E-state index is 0.675. The average molecular weight is 308 g/mol. The molecule has 0 saturated heterocycles. The van der Waals surface area contributed by atoms with Crippen molar-refractivity contribution in [2.75, 3.05) is 33.0 Å². The van der Waals surface area contributed by atoms with Crippen LogP contribution >= 0.6 is 22.7 Å². The Morgan fingerprint density at radius 3 is 2.75 bits per heavy atom. The highest BCUT2D eigenvalue weighted by molar-refractivity contribution is 7.16. The standard InChI is InChI=1S/C14H20N4S2/c1-15-14-16-10(8-19-14)13-12(9-4-5-9)17-11(20-13)6-7-18(2)3/h8-9H,4-7H2,1-3H3,(H,15,16). The van der Waals surface area contributed by atoms with Crippen LogP contribution in [0.3, 0.4) is 0 Å². The Labute approximate surface area is 127 Å². The minimum Gasteiger partial charge on any atom is -0.365 e. The van der Waals surface area contributed by atoms with Gasteiger partial charge in [-0.2, -0.15) is 0 Å². The van der Waals surface area contributed by atoms with Crippen molar-refractivity contribution in [3.8, 4) is 10.6 Å². The highest BCUT2D eigenvalue weighted by Crippen LogP contribution is 2.46. The van der Waals surface area contributed by atoms with Crippen LogP contribution in [0.5, 0.6) is 0 Å². The number of thiazole rings is 2. The smallest absolute Gasteiger partial charge is 0.182 e. The summed E-state index contributed by atoms with van der Waals surface area (Å²) in [5.74, 6) is 0.675. The zero-order valence-electron chi connectivity index (χ0n) is 12.1. The zero-order valence-corrected chi connectivity index (χ0v) is 13.8. The predicted molar refractivity (Wildman–Crippen MR) is 87.0 cm³/mol. The fourth-order valence-electron chi connectivity index (χ4n) is 2.11. The molecule has 108 valence electrons. The Morgan fingerprint density at radius 2 is 2.15 bits per heavy atom. The lowest BCUT2D eigenvalue weighted by molar-refractivity contribution is 0.413. The first-order valence-corrected chi connectivity index (χ1v) is 8.65. The van der Waals surface area contributed by atoms with Gasteiger partial charge in [0.05, 0.1) is 21.3 Å². The van der Waals surface area contributed by atoms with E-state index >= 15 is 0 Å². The van der Waals surface area contributed by atoms with Crippen molar-refractivity contribution in [1.82, 2.24) is 14.9 Å². The molecule has 1 fully saturated rings. The first-order valence-electron chi connectivity index (χ1n) is 6.95. The van der Waals surface area contributed by atoms with Gasteiger partial charge >= 0.3 is 0 Å². The second-order valence-corrected chi connectivity index (χ2v) is 7.38. The lowest BCUT2D eigenvalue weighted by atomic mass is 10.2. The van der Waals surface area contributed by atoms with Crippen LogP contribution in [-0.4, -0.2) is 42.6 Å². The molecule has 0 unspecified atom stereocenters. The molecule has 4 nitrogen and oxygen atoms in total. The van der Waals surface area contributed by atoms with E-state index in [4.69, 9.17) is 4.98 Å². The van der Waals surface area contributed by atoms with E-state index in [1.807, 2.05) is 18.4 Å². The molecule has 0 atom stereocenters. The lowest BCUT2D eigenvalue weighted by Gasteiger charge is -2.06. The summed E-state index contributed by atoms with van der Waals surface area (Å²) in [5, 5.41) is 7.47. The van der Waals surface area contributed by atoms with Crippen LogP contribution in [-0.2, 0) is 6.42 Å². The van der Waals surface area contributed by atoms with Crippen LogP contribution < -0.4 is 5.32 Å². The van der Waals surface area contributed by atoms with E-state index in [0.29, 0.717) is 5.92 Å². The molecule has 20 heavy (non-hydrogen) atoms. The molecule has 2 aromatic rings. The summed E-state index contributed by atoms with van der Waals surface area (Å²) in [6.07, 6.45) is 3.60. The van der Waals surface area contributed by atoms with E-state index in [1.165, 1.54) is 28.4 Å². The van der Waals surface area contributed by atoms with Crippen LogP contribution in [0.1, 0.15) is 29.5 Å². The molecule has 1 saturated carbocycles. The minimum absolute atomic E-state index is 0.675. The third-order valence-corrected chi connectivity index (χ3v) is 5.40. The number of rotatable bonds is 6. The van der Waals surface area contributed by atoms with Gasteiger partial charge in [-0.05, 0) is 26.9 Å². The predicted octanol–water partition coefficient (Wildman–Crippen LogP) is 3.29. The Bertz CT molecular complexity index is 584. The normalized spacial score (nSPS) is 15.0. The molecule has 0 bridgehead atoms. The van der Waals surface area contributed by atoms with E-state index in [2.05, 4.69) is 34.7 Å². The average Bonchev–Trinajstić information content (AvgIpc) is 3.02. The van der Waals surface area contributed by atoms with Gasteiger partial charge in [-0.15, -0.1) is 22.7 Å². The van der Waals surface area contributed by atoms with Gasteiger partial charge < -0.3 is 10.2 Å². The maximum Gasteiger partial charge on any atom is 0.182 e. The van der Waals surface area contributed by atoms with Gasteiger partial charge in [0.2, 0.25) is 0 Å². The molecule has 1 aliphatic rings. The molecule has 0 aromatic carbocycles. The summed E-state index contributed by atoms with van der Waals surface area (Å²) in [6.45, 7) is 1.05. The van der Waals surface area contributed by atoms with Crippen LogP contribution in [0.15, 0.2) is 5.38 Å². The third-order valence-electron chi connectivity index (χ3n) is 3.39. The topological polar surface area (TPSA) is 41.1 Å². The molecule has 1 aliphatic carbocycles. The van der Waals surface area contributed by atoms with Gasteiger partial charge in [-0.25, -0.2) is 9.97 Å². The molecule has 2 aromatic heterocycles. The van der Waals surface area contributed by atoms with E-state index < -0.39 is 0 Å². The Morgan fingerprint density at radius 1 is 1.35 bits per heavy atom. The number of aromatic nitrogens is 2. The molecule has 0 aliphatic heterocycles. The van der Waals surface area contributed by atoms with Crippen LogP contribution in [0.4, 0.5) is 5.13 Å². The van der Waals surface area contributed by atoms with Crippen molar-refractivity contribution in [3.05, 3.63) is 16.1 Å². The monoisotopic (exact) mass is 308 g/mol. The van der Waals surface area contributed by atoms with Crippen molar-refractivity contribution in [2.24, 2.45) is 0 Å². The Kier molecular flexibility index (Phi) is 4.05. The fourth-order valence-corrected chi connectivity index (χ4v) is 3.95. The quantitative estimate of drug-likeness (QED) is 0.889. The number of hydrogen-bond donors (Lipinski definition) is 1. The second-order valence-electron chi connectivity index (χ2n) is 5.44. The van der Waals surface area contributed by atoms with Gasteiger partial charge in [-0.3, -0.25) is 0 Å². The van der Waals surface area contributed by atoms with Crippen LogP contribution in [0, 0.1) is 0 Å². The largest absolute Gasteiger partial charge is 0.365 e. The number of nitrogens with one attached hydrogen (secondary N) is 1. The third kappa shape index (κ3) is 3.02. The van der Waals surface area contributed by atoms with Crippen molar-refractivity contribution < 1.29 is 0 Å². The zero-order chi connectivity index (χ0) is 14.1. The SMILES string of the molecule is CNc1nc(-c2sc(CCN(C)C)nc2C2CC2)cs1. The summed E-state index contributed by atoms with van der Waals surface area (Å²) in [4.78, 5) is 13.0. The summed E-state index contributed by atoms with van der Waals surface area (Å²) < 4.78 is 0. The molecule has 0 radical (unpaired) electrons. The Balaban J connectivity index is 1.87. The fraction of sp³-hybridized carbons (Fsp3) is 0.571. The van der Waals surface area contributed by atoms with Crippen molar-refractivity contribution in [2.45, 2.75) is 25.2 Å².